The van der Waals surface area contributed by atoms with Crippen LogP contribution in [0.1, 0.15) is 12.5 Å². The van der Waals surface area contributed by atoms with E-state index in [1.54, 1.807) is 6.08 Å². The molecule has 80 valence electrons. The molecule has 0 bridgehead atoms. The van der Waals surface area contributed by atoms with Crippen LogP contribution in [0.3, 0.4) is 0 Å². The summed E-state index contributed by atoms with van der Waals surface area (Å²) in [6.07, 6.45) is 3.77. The van der Waals surface area contributed by atoms with E-state index < -0.39 is 0 Å². The van der Waals surface area contributed by atoms with Crippen LogP contribution < -0.4 is 10.5 Å². The number of ether oxygens (including phenoxy) is 1. The van der Waals surface area contributed by atoms with Gasteiger partial charge in [0.15, 0.2) is 0 Å². The molecule has 2 nitrogen and oxygen atoms in total. The first-order chi connectivity index (χ1) is 7.27. The van der Waals surface area contributed by atoms with Gasteiger partial charge in [0, 0.05) is 12.1 Å². The summed E-state index contributed by atoms with van der Waals surface area (Å²) in [6.45, 7) is 6.71. The second-order valence-corrected chi connectivity index (χ2v) is 3.33. The molecule has 1 aromatic rings. The van der Waals surface area contributed by atoms with Crippen molar-refractivity contribution < 1.29 is 4.74 Å². The molecule has 0 atom stereocenters. The van der Waals surface area contributed by atoms with Crippen LogP contribution in [0.2, 0.25) is 0 Å². The second-order valence-electron chi connectivity index (χ2n) is 3.33. The zero-order chi connectivity index (χ0) is 11.1. The van der Waals surface area contributed by atoms with E-state index in [9.17, 15) is 0 Å². The summed E-state index contributed by atoms with van der Waals surface area (Å²) in [5, 5.41) is 0. The molecular weight excluding hydrogens is 186 g/mol. The van der Waals surface area contributed by atoms with Gasteiger partial charge in [-0.3, -0.25) is 0 Å². The highest BCUT2D eigenvalue weighted by atomic mass is 16.5. The van der Waals surface area contributed by atoms with Crippen molar-refractivity contribution in [3.8, 4) is 5.75 Å². The molecule has 0 aromatic heterocycles. The summed E-state index contributed by atoms with van der Waals surface area (Å²) in [6, 6.07) is 7.89. The smallest absolute Gasteiger partial charge is 0.126 e. The van der Waals surface area contributed by atoms with Crippen LogP contribution in [0.5, 0.6) is 5.75 Å². The molecular formula is C13H17NO. The average molecular weight is 203 g/mol. The van der Waals surface area contributed by atoms with Gasteiger partial charge in [-0.05, 0) is 13.0 Å². The van der Waals surface area contributed by atoms with Gasteiger partial charge in [0.2, 0.25) is 0 Å². The summed E-state index contributed by atoms with van der Waals surface area (Å²) in [5.74, 6) is 0.866. The average Bonchev–Trinajstić information content (AvgIpc) is 2.28. The second kappa shape index (κ2) is 6.04. The van der Waals surface area contributed by atoms with Crippen molar-refractivity contribution in [3.63, 3.8) is 0 Å². The van der Waals surface area contributed by atoms with E-state index in [1.807, 2.05) is 37.3 Å². The third-order valence-corrected chi connectivity index (χ3v) is 2.00. The molecule has 2 heteroatoms. The summed E-state index contributed by atoms with van der Waals surface area (Å²) in [4.78, 5) is 0. The van der Waals surface area contributed by atoms with Crippen LogP contribution in [0, 0.1) is 0 Å². The SMILES string of the molecule is C=CCOc1ccccc1C=C(C)CN. The van der Waals surface area contributed by atoms with Crippen LogP contribution in [0.4, 0.5) is 0 Å². The van der Waals surface area contributed by atoms with Gasteiger partial charge in [-0.25, -0.2) is 0 Å². The monoisotopic (exact) mass is 203 g/mol. The maximum atomic E-state index is 5.54. The molecule has 0 fully saturated rings. The number of rotatable bonds is 5. The Morgan fingerprint density at radius 1 is 1.47 bits per heavy atom. The molecule has 0 aliphatic carbocycles. The Balaban J connectivity index is 2.90. The molecule has 0 aliphatic heterocycles. The third kappa shape index (κ3) is 3.60. The Labute approximate surface area is 91.1 Å². The van der Waals surface area contributed by atoms with E-state index in [0.717, 1.165) is 16.9 Å². The van der Waals surface area contributed by atoms with Gasteiger partial charge in [0.25, 0.3) is 0 Å². The van der Waals surface area contributed by atoms with Gasteiger partial charge in [0.1, 0.15) is 12.4 Å². The van der Waals surface area contributed by atoms with E-state index in [0.29, 0.717) is 13.2 Å². The highest BCUT2D eigenvalue weighted by Gasteiger charge is 1.99. The molecule has 0 saturated heterocycles. The lowest BCUT2D eigenvalue weighted by atomic mass is 10.1. The first-order valence-corrected chi connectivity index (χ1v) is 4.98. The van der Waals surface area contributed by atoms with Crippen LogP contribution in [0.25, 0.3) is 6.08 Å². The fourth-order valence-corrected chi connectivity index (χ4v) is 1.20. The lowest BCUT2D eigenvalue weighted by Crippen LogP contribution is -2.00. The minimum absolute atomic E-state index is 0.520. The van der Waals surface area contributed by atoms with E-state index in [1.165, 1.54) is 0 Å². The molecule has 1 rings (SSSR count). The summed E-state index contributed by atoms with van der Waals surface area (Å²) >= 11 is 0. The van der Waals surface area contributed by atoms with Gasteiger partial charge in [0.05, 0.1) is 0 Å². The molecule has 0 heterocycles. The van der Waals surface area contributed by atoms with Crippen molar-refractivity contribution in [2.45, 2.75) is 6.92 Å². The number of nitrogens with two attached hydrogens (primary N) is 1. The van der Waals surface area contributed by atoms with Crippen molar-refractivity contribution in [2.75, 3.05) is 13.2 Å². The molecule has 0 spiro atoms. The molecule has 0 amide bonds. The Hall–Kier alpha value is -1.54. The summed E-state index contributed by atoms with van der Waals surface area (Å²) in [7, 11) is 0. The van der Waals surface area contributed by atoms with E-state index in [-0.39, 0.29) is 0 Å². The van der Waals surface area contributed by atoms with Crippen molar-refractivity contribution in [1.82, 2.24) is 0 Å². The topological polar surface area (TPSA) is 35.2 Å². The molecule has 0 saturated carbocycles. The maximum absolute atomic E-state index is 5.54. The Morgan fingerprint density at radius 3 is 2.87 bits per heavy atom. The van der Waals surface area contributed by atoms with Gasteiger partial charge in [-0.1, -0.05) is 42.5 Å². The largest absolute Gasteiger partial charge is 0.489 e. The highest BCUT2D eigenvalue weighted by Crippen LogP contribution is 2.20. The van der Waals surface area contributed by atoms with Crippen LogP contribution in [-0.2, 0) is 0 Å². The minimum Gasteiger partial charge on any atom is -0.489 e. The van der Waals surface area contributed by atoms with Crippen LogP contribution in [0.15, 0.2) is 42.5 Å². The van der Waals surface area contributed by atoms with Crippen LogP contribution >= 0.6 is 0 Å². The van der Waals surface area contributed by atoms with Gasteiger partial charge in [-0.2, -0.15) is 0 Å². The fourth-order valence-electron chi connectivity index (χ4n) is 1.20. The van der Waals surface area contributed by atoms with Gasteiger partial charge in [-0.15, -0.1) is 0 Å². The van der Waals surface area contributed by atoms with E-state index >= 15 is 0 Å². The molecule has 2 N–H and O–H groups in total. The molecule has 0 radical (unpaired) electrons. The molecule has 15 heavy (non-hydrogen) atoms. The van der Waals surface area contributed by atoms with Crippen LogP contribution in [-0.4, -0.2) is 13.2 Å². The standard InChI is InChI=1S/C13H17NO/c1-3-8-15-13-7-5-4-6-12(13)9-11(2)10-14/h3-7,9H,1,8,10,14H2,2H3. The number of benzene rings is 1. The predicted molar refractivity (Wildman–Crippen MR) is 64.8 cm³/mol. The first-order valence-electron chi connectivity index (χ1n) is 4.98. The molecule has 0 aliphatic rings. The zero-order valence-electron chi connectivity index (χ0n) is 9.07. The van der Waals surface area contributed by atoms with E-state index in [2.05, 4.69) is 6.58 Å². The predicted octanol–water partition coefficient (Wildman–Crippen LogP) is 2.61. The Morgan fingerprint density at radius 2 is 2.20 bits per heavy atom. The number of hydrogen-bond acceptors (Lipinski definition) is 2. The minimum atomic E-state index is 0.520. The Bertz CT molecular complexity index is 355. The highest BCUT2D eigenvalue weighted by molar-refractivity contribution is 5.59. The normalized spacial score (nSPS) is 11.2. The Kier molecular flexibility index (Phi) is 4.64. The lowest BCUT2D eigenvalue weighted by molar-refractivity contribution is 0.362. The zero-order valence-corrected chi connectivity index (χ0v) is 9.07. The fraction of sp³-hybridized carbons (Fsp3) is 0.231. The maximum Gasteiger partial charge on any atom is 0.126 e. The lowest BCUT2D eigenvalue weighted by Gasteiger charge is -2.07. The van der Waals surface area contributed by atoms with Crippen molar-refractivity contribution in [3.05, 3.63) is 48.1 Å². The summed E-state index contributed by atoms with van der Waals surface area (Å²) in [5.41, 5.74) is 7.73. The van der Waals surface area contributed by atoms with Gasteiger partial charge < -0.3 is 10.5 Å². The van der Waals surface area contributed by atoms with Crippen molar-refractivity contribution in [2.24, 2.45) is 5.73 Å². The van der Waals surface area contributed by atoms with Crippen molar-refractivity contribution in [1.29, 1.82) is 0 Å². The first kappa shape index (κ1) is 11.5. The van der Waals surface area contributed by atoms with Gasteiger partial charge >= 0.3 is 0 Å². The van der Waals surface area contributed by atoms with E-state index in [4.69, 9.17) is 10.5 Å². The molecule has 1 aromatic carbocycles. The molecule has 0 unspecified atom stereocenters. The third-order valence-electron chi connectivity index (χ3n) is 2.00. The summed E-state index contributed by atoms with van der Waals surface area (Å²) < 4.78 is 5.53. The number of para-hydroxylation sites is 1. The van der Waals surface area contributed by atoms with Crippen molar-refractivity contribution >= 4 is 6.08 Å². The number of hydrogen-bond donors (Lipinski definition) is 1. The quantitative estimate of drug-likeness (QED) is 0.746.